The van der Waals surface area contributed by atoms with E-state index in [0.717, 1.165) is 12.1 Å². The summed E-state index contributed by atoms with van der Waals surface area (Å²) in [5.74, 6) is 0. The van der Waals surface area contributed by atoms with Crippen LogP contribution in [0, 0.1) is 0 Å². The number of hydrogen-bond donors (Lipinski definition) is 1. The maximum absolute atomic E-state index is 10.1. The second-order valence-electron chi connectivity index (χ2n) is 4.80. The Morgan fingerprint density at radius 1 is 1.56 bits per heavy atom. The van der Waals surface area contributed by atoms with Crippen LogP contribution in [0.2, 0.25) is 0 Å². The third-order valence-electron chi connectivity index (χ3n) is 3.40. The number of aromatic nitrogens is 2. The van der Waals surface area contributed by atoms with Gasteiger partial charge >= 0.3 is 0 Å². The molecule has 1 aliphatic heterocycles. The lowest BCUT2D eigenvalue weighted by Gasteiger charge is -2.26. The Labute approximate surface area is 108 Å². The first-order valence-electron chi connectivity index (χ1n) is 6.62. The van der Waals surface area contributed by atoms with Gasteiger partial charge in [-0.05, 0) is 19.4 Å². The van der Waals surface area contributed by atoms with Gasteiger partial charge < -0.3 is 14.6 Å². The number of aliphatic hydroxyl groups is 1. The van der Waals surface area contributed by atoms with Gasteiger partial charge in [-0.25, -0.2) is 0 Å². The Morgan fingerprint density at radius 2 is 2.39 bits per heavy atom. The van der Waals surface area contributed by atoms with Gasteiger partial charge in [0.2, 0.25) is 0 Å². The van der Waals surface area contributed by atoms with Crippen molar-refractivity contribution in [1.29, 1.82) is 0 Å². The quantitative estimate of drug-likeness (QED) is 0.857. The molecule has 3 atom stereocenters. The molecule has 1 fully saturated rings. The van der Waals surface area contributed by atoms with Gasteiger partial charge in [0.25, 0.3) is 0 Å². The molecule has 3 unspecified atom stereocenters. The molecule has 5 nitrogen and oxygen atoms in total. The first-order chi connectivity index (χ1) is 8.70. The molecule has 0 spiro atoms. The van der Waals surface area contributed by atoms with E-state index in [-0.39, 0.29) is 6.10 Å². The van der Waals surface area contributed by atoms with Crippen molar-refractivity contribution in [3.05, 3.63) is 18.0 Å². The standard InChI is InChI=1S/C13H22N2O3/c1-3-10(2)15-5-4-11(14-15)8-12(16)13-9-17-6-7-18-13/h4-5,10,12-13,16H,3,6-9H2,1-2H3. The van der Waals surface area contributed by atoms with Crippen LogP contribution in [0.1, 0.15) is 32.0 Å². The number of rotatable bonds is 5. The highest BCUT2D eigenvalue weighted by Crippen LogP contribution is 2.13. The van der Waals surface area contributed by atoms with Crippen LogP contribution in [0.15, 0.2) is 12.3 Å². The highest BCUT2D eigenvalue weighted by Gasteiger charge is 2.24. The summed E-state index contributed by atoms with van der Waals surface area (Å²) in [7, 11) is 0. The van der Waals surface area contributed by atoms with E-state index in [4.69, 9.17) is 9.47 Å². The van der Waals surface area contributed by atoms with E-state index in [0.29, 0.717) is 32.3 Å². The fourth-order valence-electron chi connectivity index (χ4n) is 1.99. The summed E-state index contributed by atoms with van der Waals surface area (Å²) in [5.41, 5.74) is 0.900. The molecule has 1 saturated heterocycles. The van der Waals surface area contributed by atoms with Gasteiger partial charge in [0.15, 0.2) is 0 Å². The minimum atomic E-state index is -0.550. The molecule has 1 aromatic rings. The third-order valence-corrected chi connectivity index (χ3v) is 3.40. The van der Waals surface area contributed by atoms with Gasteiger partial charge in [0, 0.05) is 18.7 Å². The molecule has 0 saturated carbocycles. The molecular formula is C13H22N2O3. The SMILES string of the molecule is CCC(C)n1ccc(CC(O)C2COCCO2)n1. The number of nitrogens with zero attached hydrogens (tertiary/aromatic N) is 2. The first kappa shape index (κ1) is 13.5. The molecule has 0 amide bonds. The minimum absolute atomic E-state index is 0.229. The molecule has 18 heavy (non-hydrogen) atoms. The Morgan fingerprint density at radius 3 is 3.06 bits per heavy atom. The van der Waals surface area contributed by atoms with Crippen LogP contribution in [0.3, 0.4) is 0 Å². The molecule has 5 heteroatoms. The third kappa shape index (κ3) is 3.31. The summed E-state index contributed by atoms with van der Waals surface area (Å²) in [4.78, 5) is 0. The van der Waals surface area contributed by atoms with Crippen LogP contribution in [0.4, 0.5) is 0 Å². The number of ether oxygens (including phenoxy) is 2. The smallest absolute Gasteiger partial charge is 0.107 e. The van der Waals surface area contributed by atoms with Crippen molar-refractivity contribution in [2.24, 2.45) is 0 Å². The lowest BCUT2D eigenvalue weighted by atomic mass is 10.1. The highest BCUT2D eigenvalue weighted by molar-refractivity contribution is 5.02. The van der Waals surface area contributed by atoms with E-state index in [1.54, 1.807) is 0 Å². The van der Waals surface area contributed by atoms with Crippen LogP contribution < -0.4 is 0 Å². The van der Waals surface area contributed by atoms with E-state index in [1.165, 1.54) is 0 Å². The largest absolute Gasteiger partial charge is 0.390 e. The van der Waals surface area contributed by atoms with E-state index < -0.39 is 6.10 Å². The number of aliphatic hydroxyl groups excluding tert-OH is 1. The van der Waals surface area contributed by atoms with Gasteiger partial charge in [-0.2, -0.15) is 5.10 Å². The molecule has 1 N–H and O–H groups in total. The van der Waals surface area contributed by atoms with Gasteiger partial charge in [0.1, 0.15) is 6.10 Å². The average Bonchev–Trinajstić information content (AvgIpc) is 2.87. The lowest BCUT2D eigenvalue weighted by molar-refractivity contribution is -0.131. The summed E-state index contributed by atoms with van der Waals surface area (Å²) in [6, 6.07) is 2.35. The van der Waals surface area contributed by atoms with Crippen LogP contribution >= 0.6 is 0 Å². The number of hydrogen-bond acceptors (Lipinski definition) is 4. The highest BCUT2D eigenvalue weighted by atomic mass is 16.6. The van der Waals surface area contributed by atoms with Crippen molar-refractivity contribution >= 4 is 0 Å². The Bertz CT molecular complexity index is 361. The average molecular weight is 254 g/mol. The topological polar surface area (TPSA) is 56.5 Å². The van der Waals surface area contributed by atoms with E-state index in [1.807, 2.05) is 16.9 Å². The van der Waals surface area contributed by atoms with E-state index in [2.05, 4.69) is 18.9 Å². The monoisotopic (exact) mass is 254 g/mol. The molecule has 1 aromatic heterocycles. The van der Waals surface area contributed by atoms with Crippen molar-refractivity contribution in [2.45, 2.75) is 44.9 Å². The molecule has 2 rings (SSSR count). The van der Waals surface area contributed by atoms with Crippen molar-refractivity contribution in [1.82, 2.24) is 9.78 Å². The maximum Gasteiger partial charge on any atom is 0.107 e. The predicted octanol–water partition coefficient (Wildman–Crippen LogP) is 1.17. The zero-order valence-electron chi connectivity index (χ0n) is 11.1. The van der Waals surface area contributed by atoms with Crippen molar-refractivity contribution in [3.8, 4) is 0 Å². The molecule has 102 valence electrons. The summed E-state index contributed by atoms with van der Waals surface area (Å²) in [6.07, 6.45) is 2.74. The predicted molar refractivity (Wildman–Crippen MR) is 67.5 cm³/mol. The van der Waals surface area contributed by atoms with Crippen LogP contribution in [0.5, 0.6) is 0 Å². The van der Waals surface area contributed by atoms with Crippen LogP contribution in [-0.2, 0) is 15.9 Å². The molecule has 0 aliphatic carbocycles. The normalized spacial score (nSPS) is 23.8. The van der Waals surface area contributed by atoms with Crippen LogP contribution in [-0.4, -0.2) is 46.9 Å². The van der Waals surface area contributed by atoms with Crippen molar-refractivity contribution in [3.63, 3.8) is 0 Å². The zero-order valence-corrected chi connectivity index (χ0v) is 11.1. The molecule has 0 aromatic carbocycles. The molecule has 0 bridgehead atoms. The molecule has 2 heterocycles. The summed E-state index contributed by atoms with van der Waals surface area (Å²) in [5, 5.41) is 14.6. The summed E-state index contributed by atoms with van der Waals surface area (Å²) in [6.45, 7) is 5.90. The maximum atomic E-state index is 10.1. The Kier molecular flexibility index (Phi) is 4.74. The van der Waals surface area contributed by atoms with Gasteiger partial charge in [0.05, 0.1) is 31.6 Å². The summed E-state index contributed by atoms with van der Waals surface area (Å²) < 4.78 is 12.7. The first-order valence-corrected chi connectivity index (χ1v) is 6.62. The molecule has 0 radical (unpaired) electrons. The second-order valence-corrected chi connectivity index (χ2v) is 4.80. The molecular weight excluding hydrogens is 232 g/mol. The summed E-state index contributed by atoms with van der Waals surface area (Å²) >= 11 is 0. The van der Waals surface area contributed by atoms with Gasteiger partial charge in [-0.3, -0.25) is 4.68 Å². The second kappa shape index (κ2) is 6.31. The van der Waals surface area contributed by atoms with E-state index in [9.17, 15) is 5.11 Å². The van der Waals surface area contributed by atoms with E-state index >= 15 is 0 Å². The Hall–Kier alpha value is -0.910. The fraction of sp³-hybridized carbons (Fsp3) is 0.769. The van der Waals surface area contributed by atoms with Gasteiger partial charge in [-0.15, -0.1) is 0 Å². The lowest BCUT2D eigenvalue weighted by Crippen LogP contribution is -2.39. The Balaban J connectivity index is 1.90. The zero-order chi connectivity index (χ0) is 13.0. The van der Waals surface area contributed by atoms with Crippen molar-refractivity contribution < 1.29 is 14.6 Å². The fourth-order valence-corrected chi connectivity index (χ4v) is 1.99. The minimum Gasteiger partial charge on any atom is -0.390 e. The van der Waals surface area contributed by atoms with Gasteiger partial charge in [-0.1, -0.05) is 6.92 Å². The van der Waals surface area contributed by atoms with Crippen molar-refractivity contribution in [2.75, 3.05) is 19.8 Å². The molecule has 1 aliphatic rings. The van der Waals surface area contributed by atoms with Crippen LogP contribution in [0.25, 0.3) is 0 Å².